The van der Waals surface area contributed by atoms with Crippen molar-refractivity contribution in [2.24, 2.45) is 11.7 Å². The second kappa shape index (κ2) is 4.87. The number of likely N-dealkylation sites (tertiary alicyclic amines) is 1. The summed E-state index contributed by atoms with van der Waals surface area (Å²) in [5, 5.41) is 0. The Kier molecular flexibility index (Phi) is 3.42. The number of hydrogen-bond donors (Lipinski definition) is 1. The highest BCUT2D eigenvalue weighted by atomic mass is 16.5. The minimum absolute atomic E-state index is 0.303. The summed E-state index contributed by atoms with van der Waals surface area (Å²) in [6, 6.07) is 0. The summed E-state index contributed by atoms with van der Waals surface area (Å²) in [5.41, 5.74) is 6.04. The molecule has 98 valence electrons. The predicted molar refractivity (Wildman–Crippen MR) is 68.9 cm³/mol. The van der Waals surface area contributed by atoms with Gasteiger partial charge in [-0.15, -0.1) is 0 Å². The van der Waals surface area contributed by atoms with Crippen LogP contribution >= 0.6 is 0 Å². The van der Waals surface area contributed by atoms with Crippen LogP contribution in [0.1, 0.15) is 44.9 Å². The Morgan fingerprint density at radius 1 is 1.18 bits per heavy atom. The molecule has 0 aromatic carbocycles. The maximum absolute atomic E-state index is 6.37. The van der Waals surface area contributed by atoms with Crippen molar-refractivity contribution in [3.63, 3.8) is 0 Å². The van der Waals surface area contributed by atoms with E-state index in [2.05, 4.69) is 4.90 Å². The number of hydrogen-bond acceptors (Lipinski definition) is 3. The Balaban J connectivity index is 1.47. The predicted octanol–water partition coefficient (Wildman–Crippen LogP) is 1.76. The molecule has 0 aromatic rings. The van der Waals surface area contributed by atoms with Gasteiger partial charge in [0.05, 0.1) is 11.7 Å². The number of ether oxygens (including phenoxy) is 1. The van der Waals surface area contributed by atoms with Crippen LogP contribution in [0.2, 0.25) is 0 Å². The fourth-order valence-corrected chi connectivity index (χ4v) is 3.97. The molecule has 3 heteroatoms. The van der Waals surface area contributed by atoms with Crippen molar-refractivity contribution in [3.05, 3.63) is 0 Å². The van der Waals surface area contributed by atoms with E-state index in [0.29, 0.717) is 11.7 Å². The SMILES string of the molecule is NCC1CCN(CC2CCC3(CCCC3)O2)C1. The Labute approximate surface area is 105 Å². The van der Waals surface area contributed by atoms with Crippen LogP contribution < -0.4 is 5.73 Å². The van der Waals surface area contributed by atoms with Crippen molar-refractivity contribution in [2.75, 3.05) is 26.2 Å². The molecule has 3 fully saturated rings. The van der Waals surface area contributed by atoms with Crippen molar-refractivity contribution in [3.8, 4) is 0 Å². The second-order valence-electron chi connectivity index (χ2n) is 6.32. The maximum Gasteiger partial charge on any atom is 0.0710 e. The Hall–Kier alpha value is -0.120. The zero-order valence-electron chi connectivity index (χ0n) is 10.9. The van der Waals surface area contributed by atoms with Crippen molar-refractivity contribution >= 4 is 0 Å². The zero-order valence-corrected chi connectivity index (χ0v) is 10.9. The fraction of sp³-hybridized carbons (Fsp3) is 1.00. The van der Waals surface area contributed by atoms with Crippen molar-refractivity contribution in [1.29, 1.82) is 0 Å². The second-order valence-corrected chi connectivity index (χ2v) is 6.32. The van der Waals surface area contributed by atoms with Crippen LogP contribution in [0.4, 0.5) is 0 Å². The standard InChI is InChI=1S/C14H26N2O/c15-9-12-4-8-16(10-12)11-13-3-7-14(17-13)5-1-2-6-14/h12-13H,1-11,15H2. The summed E-state index contributed by atoms with van der Waals surface area (Å²) in [7, 11) is 0. The van der Waals surface area contributed by atoms with E-state index in [1.807, 2.05) is 0 Å². The highest BCUT2D eigenvalue weighted by Gasteiger charge is 2.42. The Bertz CT molecular complexity index is 263. The first-order chi connectivity index (χ1) is 8.30. The minimum Gasteiger partial charge on any atom is -0.370 e. The van der Waals surface area contributed by atoms with E-state index >= 15 is 0 Å². The van der Waals surface area contributed by atoms with Crippen LogP contribution in [0, 0.1) is 5.92 Å². The molecule has 2 heterocycles. The van der Waals surface area contributed by atoms with Crippen LogP contribution in [0.3, 0.4) is 0 Å². The van der Waals surface area contributed by atoms with E-state index in [-0.39, 0.29) is 0 Å². The molecule has 2 atom stereocenters. The fourth-order valence-electron chi connectivity index (χ4n) is 3.97. The van der Waals surface area contributed by atoms with E-state index in [0.717, 1.165) is 19.0 Å². The molecular weight excluding hydrogens is 212 g/mol. The number of nitrogens with zero attached hydrogens (tertiary/aromatic N) is 1. The van der Waals surface area contributed by atoms with Crippen molar-refractivity contribution in [1.82, 2.24) is 4.90 Å². The van der Waals surface area contributed by atoms with Crippen LogP contribution in [0.25, 0.3) is 0 Å². The van der Waals surface area contributed by atoms with Crippen LogP contribution in [-0.4, -0.2) is 42.8 Å². The lowest BCUT2D eigenvalue weighted by molar-refractivity contribution is -0.0455. The molecule has 2 unspecified atom stereocenters. The molecule has 0 bridgehead atoms. The number of nitrogens with two attached hydrogens (primary N) is 1. The smallest absolute Gasteiger partial charge is 0.0710 e. The Morgan fingerprint density at radius 2 is 2.00 bits per heavy atom. The van der Waals surface area contributed by atoms with Gasteiger partial charge in [-0.25, -0.2) is 0 Å². The summed E-state index contributed by atoms with van der Waals surface area (Å²) < 4.78 is 6.37. The molecule has 0 amide bonds. The van der Waals surface area contributed by atoms with E-state index in [4.69, 9.17) is 10.5 Å². The monoisotopic (exact) mass is 238 g/mol. The lowest BCUT2D eigenvalue weighted by atomic mass is 9.98. The highest BCUT2D eigenvalue weighted by Crippen LogP contribution is 2.43. The van der Waals surface area contributed by atoms with Crippen molar-refractivity contribution < 1.29 is 4.74 Å². The summed E-state index contributed by atoms with van der Waals surface area (Å²) in [6.07, 6.45) is 9.77. The Morgan fingerprint density at radius 3 is 2.71 bits per heavy atom. The first-order valence-electron chi connectivity index (χ1n) is 7.40. The first-order valence-corrected chi connectivity index (χ1v) is 7.40. The third-order valence-corrected chi connectivity index (χ3v) is 5.02. The highest BCUT2D eigenvalue weighted by molar-refractivity contribution is 4.94. The molecule has 3 nitrogen and oxygen atoms in total. The third kappa shape index (κ3) is 2.51. The lowest BCUT2D eigenvalue weighted by Gasteiger charge is -2.26. The van der Waals surface area contributed by atoms with E-state index in [9.17, 15) is 0 Å². The van der Waals surface area contributed by atoms with Gasteiger partial charge in [0.15, 0.2) is 0 Å². The van der Waals surface area contributed by atoms with Gasteiger partial charge in [0.2, 0.25) is 0 Å². The average molecular weight is 238 g/mol. The van der Waals surface area contributed by atoms with Gasteiger partial charge in [0, 0.05) is 13.1 Å². The van der Waals surface area contributed by atoms with Crippen molar-refractivity contribution in [2.45, 2.75) is 56.7 Å². The molecule has 1 aliphatic carbocycles. The van der Waals surface area contributed by atoms with Crippen LogP contribution in [0.15, 0.2) is 0 Å². The molecule has 0 aromatic heterocycles. The lowest BCUT2D eigenvalue weighted by Crippen LogP contribution is -2.33. The molecule has 2 N–H and O–H groups in total. The molecule has 1 saturated carbocycles. The minimum atomic E-state index is 0.303. The molecule has 3 rings (SSSR count). The normalized spacial score (nSPS) is 37.2. The summed E-state index contributed by atoms with van der Waals surface area (Å²) >= 11 is 0. The van der Waals surface area contributed by atoms with Gasteiger partial charge < -0.3 is 15.4 Å². The summed E-state index contributed by atoms with van der Waals surface area (Å²) in [6.45, 7) is 4.43. The molecular formula is C14H26N2O. The molecule has 2 aliphatic heterocycles. The zero-order chi connectivity index (χ0) is 11.7. The van der Waals surface area contributed by atoms with Crippen LogP contribution in [0.5, 0.6) is 0 Å². The quantitative estimate of drug-likeness (QED) is 0.814. The molecule has 1 spiro atoms. The first kappa shape index (κ1) is 11.9. The van der Waals surface area contributed by atoms with Gasteiger partial charge in [-0.1, -0.05) is 12.8 Å². The van der Waals surface area contributed by atoms with E-state index in [1.54, 1.807) is 0 Å². The summed E-state index contributed by atoms with van der Waals surface area (Å²) in [4.78, 5) is 2.57. The van der Waals surface area contributed by atoms with Gasteiger partial charge >= 0.3 is 0 Å². The largest absolute Gasteiger partial charge is 0.370 e. The van der Waals surface area contributed by atoms with Gasteiger partial charge in [-0.2, -0.15) is 0 Å². The third-order valence-electron chi connectivity index (χ3n) is 5.02. The van der Waals surface area contributed by atoms with Crippen LogP contribution in [-0.2, 0) is 4.74 Å². The molecule has 3 aliphatic rings. The summed E-state index contributed by atoms with van der Waals surface area (Å²) in [5.74, 6) is 0.733. The molecule has 0 radical (unpaired) electrons. The van der Waals surface area contributed by atoms with Gasteiger partial charge in [0.25, 0.3) is 0 Å². The van der Waals surface area contributed by atoms with Gasteiger partial charge in [-0.05, 0) is 51.1 Å². The maximum atomic E-state index is 6.37. The van der Waals surface area contributed by atoms with E-state index < -0.39 is 0 Å². The van der Waals surface area contributed by atoms with E-state index in [1.165, 1.54) is 58.0 Å². The molecule has 2 saturated heterocycles. The average Bonchev–Trinajstić information content (AvgIpc) is 3.03. The topological polar surface area (TPSA) is 38.5 Å². The van der Waals surface area contributed by atoms with Gasteiger partial charge in [-0.3, -0.25) is 0 Å². The molecule has 17 heavy (non-hydrogen) atoms. The van der Waals surface area contributed by atoms with Gasteiger partial charge in [0.1, 0.15) is 0 Å². The number of rotatable bonds is 3.